The molecule has 1 atom stereocenters. The number of nitrogens with one attached hydrogen (secondary N) is 1. The minimum atomic E-state index is -0.186. The SMILES string of the molecule is CCCCOc1ccc(C(=O)Nc2ccc(C3SCC(=O)N3c3ccccc3OC)cc2)cc1. The Morgan fingerprint density at radius 1 is 1.06 bits per heavy atom. The van der Waals surface area contributed by atoms with E-state index in [1.165, 1.54) is 0 Å². The molecule has 34 heavy (non-hydrogen) atoms. The maximum atomic E-state index is 12.7. The van der Waals surface area contributed by atoms with Crippen LogP contribution in [0.5, 0.6) is 11.5 Å². The highest BCUT2D eigenvalue weighted by atomic mass is 32.2. The Labute approximate surface area is 204 Å². The number of ether oxygens (including phenoxy) is 2. The third kappa shape index (κ3) is 5.37. The van der Waals surface area contributed by atoms with Gasteiger partial charge in [0, 0.05) is 11.3 Å². The lowest BCUT2D eigenvalue weighted by Crippen LogP contribution is -2.28. The molecule has 1 saturated heterocycles. The average Bonchev–Trinajstić information content (AvgIpc) is 3.26. The van der Waals surface area contributed by atoms with Crippen LogP contribution in [0.2, 0.25) is 0 Å². The van der Waals surface area contributed by atoms with Gasteiger partial charge in [-0.15, -0.1) is 11.8 Å². The second-order valence-electron chi connectivity index (χ2n) is 7.90. The van der Waals surface area contributed by atoms with Crippen LogP contribution in [0.15, 0.2) is 72.8 Å². The van der Waals surface area contributed by atoms with E-state index in [1.807, 2.05) is 60.7 Å². The van der Waals surface area contributed by atoms with E-state index in [9.17, 15) is 9.59 Å². The summed E-state index contributed by atoms with van der Waals surface area (Å²) in [4.78, 5) is 27.1. The predicted molar refractivity (Wildman–Crippen MR) is 137 cm³/mol. The summed E-state index contributed by atoms with van der Waals surface area (Å²) in [7, 11) is 1.60. The summed E-state index contributed by atoms with van der Waals surface area (Å²) < 4.78 is 11.1. The Hall–Kier alpha value is -3.45. The third-order valence-electron chi connectivity index (χ3n) is 5.55. The molecule has 176 valence electrons. The minimum absolute atomic E-state index is 0.0407. The quantitative estimate of drug-likeness (QED) is 0.389. The molecule has 1 aliphatic rings. The van der Waals surface area contributed by atoms with Gasteiger partial charge in [-0.3, -0.25) is 14.5 Å². The summed E-state index contributed by atoms with van der Waals surface area (Å²) >= 11 is 1.57. The molecule has 1 unspecified atom stereocenters. The normalized spacial score (nSPS) is 15.3. The number of nitrogens with zero attached hydrogens (tertiary/aromatic N) is 1. The zero-order chi connectivity index (χ0) is 23.9. The molecule has 0 aromatic heterocycles. The molecule has 0 radical (unpaired) electrons. The summed E-state index contributed by atoms with van der Waals surface area (Å²) in [5, 5.41) is 2.77. The van der Waals surface area contributed by atoms with E-state index in [2.05, 4.69) is 12.2 Å². The fraction of sp³-hybridized carbons (Fsp3) is 0.259. The standard InChI is InChI=1S/C27H28N2O4S/c1-3-4-17-33-22-15-11-19(12-16-22)26(31)28-21-13-9-20(10-14-21)27-29(25(30)18-34-27)23-7-5-6-8-24(23)32-2/h5-16,27H,3-4,17-18H2,1-2H3,(H,28,31). The predicted octanol–water partition coefficient (Wildman–Crippen LogP) is 5.91. The second kappa shape index (κ2) is 11.1. The van der Waals surface area contributed by atoms with E-state index in [-0.39, 0.29) is 17.2 Å². The topological polar surface area (TPSA) is 67.9 Å². The smallest absolute Gasteiger partial charge is 0.255 e. The van der Waals surface area contributed by atoms with Gasteiger partial charge in [0.15, 0.2) is 0 Å². The van der Waals surface area contributed by atoms with Gasteiger partial charge in [0.05, 0.1) is 25.2 Å². The van der Waals surface area contributed by atoms with Crippen molar-refractivity contribution in [2.24, 2.45) is 0 Å². The maximum absolute atomic E-state index is 12.7. The van der Waals surface area contributed by atoms with Crippen molar-refractivity contribution in [2.75, 3.05) is 29.7 Å². The molecule has 1 fully saturated rings. The number of methoxy groups -OCH3 is 1. The van der Waals surface area contributed by atoms with Crippen molar-refractivity contribution in [3.8, 4) is 11.5 Å². The number of benzene rings is 3. The fourth-order valence-electron chi connectivity index (χ4n) is 3.73. The van der Waals surface area contributed by atoms with Gasteiger partial charge in [-0.05, 0) is 60.5 Å². The molecular weight excluding hydrogens is 448 g/mol. The molecule has 0 bridgehead atoms. The monoisotopic (exact) mass is 476 g/mol. The molecule has 0 saturated carbocycles. The Balaban J connectivity index is 1.43. The number of carbonyl (C=O) groups is 2. The number of carbonyl (C=O) groups excluding carboxylic acids is 2. The summed E-state index contributed by atoms with van der Waals surface area (Å²) in [6.45, 7) is 2.79. The third-order valence-corrected chi connectivity index (χ3v) is 6.76. The molecular formula is C27H28N2O4S. The van der Waals surface area contributed by atoms with Gasteiger partial charge >= 0.3 is 0 Å². The molecule has 2 amide bonds. The summed E-state index contributed by atoms with van der Waals surface area (Å²) in [6, 6.07) is 22.3. The first-order valence-electron chi connectivity index (χ1n) is 11.3. The summed E-state index contributed by atoms with van der Waals surface area (Å²) in [5.41, 5.74) is 2.99. The van der Waals surface area contributed by atoms with E-state index < -0.39 is 0 Å². The number of rotatable bonds is 9. The van der Waals surface area contributed by atoms with E-state index >= 15 is 0 Å². The van der Waals surface area contributed by atoms with Crippen LogP contribution in [0.3, 0.4) is 0 Å². The lowest BCUT2D eigenvalue weighted by Gasteiger charge is -2.26. The Bertz CT molecular complexity index is 1130. The highest BCUT2D eigenvalue weighted by Crippen LogP contribution is 2.44. The number of anilines is 2. The van der Waals surface area contributed by atoms with Crippen LogP contribution >= 0.6 is 11.8 Å². The van der Waals surface area contributed by atoms with Gasteiger partial charge in [0.2, 0.25) is 5.91 Å². The molecule has 1 heterocycles. The van der Waals surface area contributed by atoms with Crippen LogP contribution in [0.1, 0.15) is 41.1 Å². The number of unbranched alkanes of at least 4 members (excludes halogenated alkanes) is 1. The van der Waals surface area contributed by atoms with Crippen LogP contribution in [-0.2, 0) is 4.79 Å². The molecule has 1 N–H and O–H groups in total. The van der Waals surface area contributed by atoms with E-state index in [1.54, 1.807) is 35.9 Å². The molecule has 0 aliphatic carbocycles. The van der Waals surface area contributed by atoms with Gasteiger partial charge in [0.1, 0.15) is 16.9 Å². The molecule has 3 aromatic rings. The number of hydrogen-bond acceptors (Lipinski definition) is 5. The first kappa shape index (κ1) is 23.7. The second-order valence-corrected chi connectivity index (χ2v) is 8.97. The number of amides is 2. The average molecular weight is 477 g/mol. The van der Waals surface area contributed by atoms with Crippen LogP contribution < -0.4 is 19.7 Å². The Morgan fingerprint density at radius 2 is 1.79 bits per heavy atom. The Kier molecular flexibility index (Phi) is 7.75. The lowest BCUT2D eigenvalue weighted by atomic mass is 10.1. The first-order valence-corrected chi connectivity index (χ1v) is 12.4. The van der Waals surface area contributed by atoms with Gasteiger partial charge in [-0.2, -0.15) is 0 Å². The lowest BCUT2D eigenvalue weighted by molar-refractivity contribution is -0.115. The van der Waals surface area contributed by atoms with E-state index in [4.69, 9.17) is 9.47 Å². The molecule has 4 rings (SSSR count). The van der Waals surface area contributed by atoms with Gasteiger partial charge in [0.25, 0.3) is 5.91 Å². The highest BCUT2D eigenvalue weighted by molar-refractivity contribution is 8.00. The minimum Gasteiger partial charge on any atom is -0.495 e. The van der Waals surface area contributed by atoms with Gasteiger partial charge < -0.3 is 14.8 Å². The number of hydrogen-bond donors (Lipinski definition) is 1. The summed E-state index contributed by atoms with van der Waals surface area (Å²) in [5.74, 6) is 1.68. The van der Waals surface area contributed by atoms with Crippen LogP contribution in [0.4, 0.5) is 11.4 Å². The molecule has 1 aliphatic heterocycles. The van der Waals surface area contributed by atoms with Crippen LogP contribution in [0.25, 0.3) is 0 Å². The van der Waals surface area contributed by atoms with Crippen molar-refractivity contribution in [3.63, 3.8) is 0 Å². The van der Waals surface area contributed by atoms with Gasteiger partial charge in [-0.1, -0.05) is 37.6 Å². The largest absolute Gasteiger partial charge is 0.495 e. The molecule has 3 aromatic carbocycles. The zero-order valence-corrected chi connectivity index (χ0v) is 20.1. The molecule has 6 nitrogen and oxygen atoms in total. The highest BCUT2D eigenvalue weighted by Gasteiger charge is 2.35. The van der Waals surface area contributed by atoms with Crippen LogP contribution in [0, 0.1) is 0 Å². The zero-order valence-electron chi connectivity index (χ0n) is 19.3. The van der Waals surface area contributed by atoms with E-state index in [0.717, 1.165) is 29.8 Å². The van der Waals surface area contributed by atoms with Crippen molar-refractivity contribution < 1.29 is 19.1 Å². The Morgan fingerprint density at radius 3 is 2.50 bits per heavy atom. The number of thioether (sulfide) groups is 1. The maximum Gasteiger partial charge on any atom is 0.255 e. The molecule has 7 heteroatoms. The van der Waals surface area contributed by atoms with Crippen molar-refractivity contribution in [1.29, 1.82) is 0 Å². The van der Waals surface area contributed by atoms with E-state index in [0.29, 0.717) is 29.4 Å². The summed E-state index contributed by atoms with van der Waals surface area (Å²) in [6.07, 6.45) is 2.08. The van der Waals surface area contributed by atoms with Crippen molar-refractivity contribution in [1.82, 2.24) is 0 Å². The first-order chi connectivity index (χ1) is 16.6. The van der Waals surface area contributed by atoms with Gasteiger partial charge in [-0.25, -0.2) is 0 Å². The van der Waals surface area contributed by atoms with Crippen LogP contribution in [-0.4, -0.2) is 31.3 Å². The number of para-hydroxylation sites is 2. The van der Waals surface area contributed by atoms with Crippen molar-refractivity contribution in [3.05, 3.63) is 83.9 Å². The fourth-order valence-corrected chi connectivity index (χ4v) is 4.90. The van der Waals surface area contributed by atoms with Crippen molar-refractivity contribution in [2.45, 2.75) is 25.1 Å². The molecule has 0 spiro atoms. The van der Waals surface area contributed by atoms with Crippen molar-refractivity contribution >= 4 is 35.0 Å².